The fraction of sp³-hybridized carbons (Fsp3) is 0.455. The molecule has 6 heteroatoms. The first-order valence-electron chi connectivity index (χ1n) is 5.49. The third kappa shape index (κ3) is 4.43. The van der Waals surface area contributed by atoms with Crippen molar-refractivity contribution in [2.75, 3.05) is 19.7 Å². The van der Waals surface area contributed by atoms with Crippen molar-refractivity contribution in [2.24, 2.45) is 0 Å². The SMILES string of the molecule is CCNS(=O)(=O)N(CCO)Cc1ccccc1. The van der Waals surface area contributed by atoms with Crippen LogP contribution in [-0.2, 0) is 16.8 Å². The number of hydrogen-bond acceptors (Lipinski definition) is 3. The fourth-order valence-corrected chi connectivity index (χ4v) is 2.64. The molecule has 0 bridgehead atoms. The molecular weight excluding hydrogens is 240 g/mol. The summed E-state index contributed by atoms with van der Waals surface area (Å²) in [5, 5.41) is 8.91. The van der Waals surface area contributed by atoms with Crippen LogP contribution < -0.4 is 4.72 Å². The van der Waals surface area contributed by atoms with Gasteiger partial charge in [-0.15, -0.1) is 0 Å². The van der Waals surface area contributed by atoms with Gasteiger partial charge in [0.15, 0.2) is 0 Å². The minimum atomic E-state index is -3.51. The van der Waals surface area contributed by atoms with E-state index in [0.29, 0.717) is 6.54 Å². The zero-order valence-electron chi connectivity index (χ0n) is 9.83. The van der Waals surface area contributed by atoms with Crippen LogP contribution in [-0.4, -0.2) is 37.5 Å². The van der Waals surface area contributed by atoms with E-state index in [0.717, 1.165) is 5.56 Å². The summed E-state index contributed by atoms with van der Waals surface area (Å²) >= 11 is 0. The maximum absolute atomic E-state index is 11.8. The van der Waals surface area contributed by atoms with E-state index in [1.807, 2.05) is 30.3 Å². The molecular formula is C11H18N2O3S. The van der Waals surface area contributed by atoms with Crippen LogP contribution in [0, 0.1) is 0 Å². The summed E-state index contributed by atoms with van der Waals surface area (Å²) < 4.78 is 27.3. The number of hydrogen-bond donors (Lipinski definition) is 2. The number of nitrogens with one attached hydrogen (secondary N) is 1. The van der Waals surface area contributed by atoms with Crippen molar-refractivity contribution in [1.82, 2.24) is 9.03 Å². The van der Waals surface area contributed by atoms with E-state index in [9.17, 15) is 8.42 Å². The van der Waals surface area contributed by atoms with Crippen LogP contribution in [0.5, 0.6) is 0 Å². The number of aliphatic hydroxyl groups excluding tert-OH is 1. The molecule has 2 N–H and O–H groups in total. The van der Waals surface area contributed by atoms with E-state index in [4.69, 9.17) is 5.11 Å². The Labute approximate surface area is 102 Å². The molecule has 17 heavy (non-hydrogen) atoms. The van der Waals surface area contributed by atoms with E-state index >= 15 is 0 Å². The average molecular weight is 258 g/mol. The molecule has 0 heterocycles. The maximum atomic E-state index is 11.8. The molecule has 0 fully saturated rings. The second-order valence-electron chi connectivity index (χ2n) is 3.55. The molecule has 0 aliphatic rings. The third-order valence-corrected chi connectivity index (χ3v) is 3.86. The molecule has 0 aliphatic heterocycles. The Kier molecular flexibility index (Phi) is 5.57. The van der Waals surface area contributed by atoms with Gasteiger partial charge >= 0.3 is 0 Å². The lowest BCUT2D eigenvalue weighted by atomic mass is 10.2. The molecule has 0 spiro atoms. The standard InChI is InChI=1S/C11H18N2O3S/c1-2-12-17(15,16)13(8-9-14)10-11-6-4-3-5-7-11/h3-7,12,14H,2,8-10H2,1H3. The highest BCUT2D eigenvalue weighted by molar-refractivity contribution is 7.87. The van der Waals surface area contributed by atoms with Crippen LogP contribution in [0.25, 0.3) is 0 Å². The van der Waals surface area contributed by atoms with Crippen molar-refractivity contribution < 1.29 is 13.5 Å². The predicted molar refractivity (Wildman–Crippen MR) is 66.5 cm³/mol. The maximum Gasteiger partial charge on any atom is 0.279 e. The van der Waals surface area contributed by atoms with Crippen LogP contribution in [0.1, 0.15) is 12.5 Å². The van der Waals surface area contributed by atoms with E-state index in [-0.39, 0.29) is 19.7 Å². The zero-order valence-corrected chi connectivity index (χ0v) is 10.7. The molecule has 0 saturated carbocycles. The second-order valence-corrected chi connectivity index (χ2v) is 5.30. The second kappa shape index (κ2) is 6.70. The van der Waals surface area contributed by atoms with E-state index in [1.54, 1.807) is 6.92 Å². The first-order chi connectivity index (χ1) is 8.10. The lowest BCUT2D eigenvalue weighted by Crippen LogP contribution is -2.41. The minimum absolute atomic E-state index is 0.0875. The van der Waals surface area contributed by atoms with Crippen molar-refractivity contribution in [3.8, 4) is 0 Å². The Bertz CT molecular complexity index is 420. The van der Waals surface area contributed by atoms with Gasteiger partial charge in [-0.1, -0.05) is 37.3 Å². The highest BCUT2D eigenvalue weighted by Gasteiger charge is 2.20. The van der Waals surface area contributed by atoms with Crippen LogP contribution in [0.4, 0.5) is 0 Å². The first-order valence-corrected chi connectivity index (χ1v) is 6.93. The highest BCUT2D eigenvalue weighted by atomic mass is 32.2. The van der Waals surface area contributed by atoms with Gasteiger partial charge in [-0.25, -0.2) is 4.72 Å². The van der Waals surface area contributed by atoms with Crippen molar-refractivity contribution in [3.63, 3.8) is 0 Å². The number of benzene rings is 1. The molecule has 96 valence electrons. The average Bonchev–Trinajstić information content (AvgIpc) is 2.30. The van der Waals surface area contributed by atoms with Gasteiger partial charge in [0.25, 0.3) is 10.2 Å². The van der Waals surface area contributed by atoms with Crippen LogP contribution >= 0.6 is 0 Å². The lowest BCUT2D eigenvalue weighted by molar-refractivity contribution is 0.250. The Morgan fingerprint density at radius 2 is 1.94 bits per heavy atom. The first kappa shape index (κ1) is 14.1. The smallest absolute Gasteiger partial charge is 0.279 e. The Balaban J connectivity index is 2.80. The molecule has 1 aromatic rings. The molecule has 0 radical (unpaired) electrons. The summed E-state index contributed by atoms with van der Waals surface area (Å²) in [6, 6.07) is 9.29. The molecule has 5 nitrogen and oxygen atoms in total. The third-order valence-electron chi connectivity index (χ3n) is 2.22. The fourth-order valence-electron chi connectivity index (χ4n) is 1.46. The summed E-state index contributed by atoms with van der Waals surface area (Å²) in [7, 11) is -3.51. The topological polar surface area (TPSA) is 69.6 Å². The Morgan fingerprint density at radius 1 is 1.29 bits per heavy atom. The highest BCUT2D eigenvalue weighted by Crippen LogP contribution is 2.07. The van der Waals surface area contributed by atoms with E-state index in [2.05, 4.69) is 4.72 Å². The van der Waals surface area contributed by atoms with Crippen molar-refractivity contribution in [3.05, 3.63) is 35.9 Å². The summed E-state index contributed by atoms with van der Waals surface area (Å²) in [6.07, 6.45) is 0. The minimum Gasteiger partial charge on any atom is -0.395 e. The normalized spacial score (nSPS) is 11.9. The molecule has 0 aromatic heterocycles. The molecule has 0 atom stereocenters. The van der Waals surface area contributed by atoms with E-state index < -0.39 is 10.2 Å². The zero-order chi connectivity index (χ0) is 12.7. The number of rotatable bonds is 7. The molecule has 0 amide bonds. The van der Waals surface area contributed by atoms with Gasteiger partial charge in [-0.2, -0.15) is 12.7 Å². The van der Waals surface area contributed by atoms with Gasteiger partial charge in [0, 0.05) is 19.6 Å². The van der Waals surface area contributed by atoms with Gasteiger partial charge in [-0.05, 0) is 5.56 Å². The predicted octanol–water partition coefficient (Wildman–Crippen LogP) is 0.335. The van der Waals surface area contributed by atoms with Crippen molar-refractivity contribution in [1.29, 1.82) is 0 Å². The van der Waals surface area contributed by atoms with Crippen molar-refractivity contribution in [2.45, 2.75) is 13.5 Å². The summed E-state index contributed by atoms with van der Waals surface area (Å²) in [4.78, 5) is 0. The van der Waals surface area contributed by atoms with Crippen LogP contribution in [0.15, 0.2) is 30.3 Å². The molecule has 1 rings (SSSR count). The quantitative estimate of drug-likeness (QED) is 0.741. The van der Waals surface area contributed by atoms with Gasteiger partial charge in [0.1, 0.15) is 0 Å². The number of aliphatic hydroxyl groups is 1. The largest absolute Gasteiger partial charge is 0.395 e. The summed E-state index contributed by atoms with van der Waals surface area (Å²) in [6.45, 7) is 2.20. The van der Waals surface area contributed by atoms with Crippen LogP contribution in [0.3, 0.4) is 0 Å². The van der Waals surface area contributed by atoms with E-state index in [1.165, 1.54) is 4.31 Å². The van der Waals surface area contributed by atoms with Gasteiger partial charge in [0.2, 0.25) is 0 Å². The Morgan fingerprint density at radius 3 is 2.47 bits per heavy atom. The monoisotopic (exact) mass is 258 g/mol. The summed E-state index contributed by atoms with van der Waals surface area (Å²) in [5.41, 5.74) is 0.891. The molecule has 0 aliphatic carbocycles. The van der Waals surface area contributed by atoms with Gasteiger partial charge < -0.3 is 5.11 Å². The van der Waals surface area contributed by atoms with Gasteiger partial charge in [-0.3, -0.25) is 0 Å². The van der Waals surface area contributed by atoms with Crippen LogP contribution in [0.2, 0.25) is 0 Å². The molecule has 0 saturated heterocycles. The molecule has 1 aromatic carbocycles. The molecule has 0 unspecified atom stereocenters. The Hall–Kier alpha value is -0.950. The van der Waals surface area contributed by atoms with Gasteiger partial charge in [0.05, 0.1) is 6.61 Å². The number of nitrogens with zero attached hydrogens (tertiary/aromatic N) is 1. The van der Waals surface area contributed by atoms with Crippen molar-refractivity contribution >= 4 is 10.2 Å². The summed E-state index contributed by atoms with van der Waals surface area (Å²) in [5.74, 6) is 0. The lowest BCUT2D eigenvalue weighted by Gasteiger charge is -2.21.